The van der Waals surface area contributed by atoms with Gasteiger partial charge in [0.05, 0.1) is 25.2 Å². The third-order valence-electron chi connectivity index (χ3n) is 3.99. The normalized spacial score (nSPS) is 17.8. The Morgan fingerprint density at radius 1 is 1.12 bits per heavy atom. The first-order chi connectivity index (χ1) is 12.5. The lowest BCUT2D eigenvalue weighted by atomic mass is 10.3. The first kappa shape index (κ1) is 18.4. The standard InChI is InChI=1S/C17H21N3O5S/c1-3-24-13-4-6-15(7-5-13)26(21,22)20-11-10-14(12-20)25-17-9-8-16(23-2)18-19-17/h4-9,14H,3,10-12H2,1-2H3. The van der Waals surface area contributed by atoms with Crippen LogP contribution in [0.4, 0.5) is 0 Å². The molecule has 0 bridgehead atoms. The quantitative estimate of drug-likeness (QED) is 0.723. The van der Waals surface area contributed by atoms with Gasteiger partial charge in [0.1, 0.15) is 11.9 Å². The maximum Gasteiger partial charge on any atom is 0.243 e. The number of hydrogen-bond acceptors (Lipinski definition) is 7. The number of hydrogen-bond donors (Lipinski definition) is 0. The fourth-order valence-electron chi connectivity index (χ4n) is 2.69. The van der Waals surface area contributed by atoms with Crippen LogP contribution in [0.15, 0.2) is 41.3 Å². The largest absolute Gasteiger partial charge is 0.494 e. The van der Waals surface area contributed by atoms with E-state index in [1.54, 1.807) is 36.4 Å². The van der Waals surface area contributed by atoms with Crippen LogP contribution in [0.5, 0.6) is 17.5 Å². The van der Waals surface area contributed by atoms with Crippen LogP contribution in [0.1, 0.15) is 13.3 Å². The number of methoxy groups -OCH3 is 1. The van der Waals surface area contributed by atoms with Gasteiger partial charge in [0.25, 0.3) is 0 Å². The van der Waals surface area contributed by atoms with Crippen LogP contribution >= 0.6 is 0 Å². The lowest BCUT2D eigenvalue weighted by molar-refractivity contribution is 0.203. The third kappa shape index (κ3) is 4.05. The molecule has 1 aromatic heterocycles. The van der Waals surface area contributed by atoms with Gasteiger partial charge in [-0.3, -0.25) is 0 Å². The van der Waals surface area contributed by atoms with Crippen LogP contribution in [0, 0.1) is 0 Å². The predicted octanol–water partition coefficient (Wildman–Crippen LogP) is 1.73. The molecule has 0 saturated carbocycles. The molecule has 1 aromatic carbocycles. The minimum atomic E-state index is -3.56. The van der Waals surface area contributed by atoms with E-state index in [0.29, 0.717) is 37.1 Å². The van der Waals surface area contributed by atoms with Crippen molar-refractivity contribution in [3.63, 3.8) is 0 Å². The highest BCUT2D eigenvalue weighted by Gasteiger charge is 2.33. The van der Waals surface area contributed by atoms with Crippen LogP contribution in [0.3, 0.4) is 0 Å². The Morgan fingerprint density at radius 2 is 1.81 bits per heavy atom. The summed E-state index contributed by atoms with van der Waals surface area (Å²) in [6, 6.07) is 9.73. The Morgan fingerprint density at radius 3 is 2.42 bits per heavy atom. The van der Waals surface area contributed by atoms with Crippen molar-refractivity contribution in [2.24, 2.45) is 0 Å². The second-order valence-electron chi connectivity index (χ2n) is 5.71. The minimum absolute atomic E-state index is 0.242. The van der Waals surface area contributed by atoms with Gasteiger partial charge < -0.3 is 14.2 Å². The van der Waals surface area contributed by atoms with Crippen LogP contribution in [-0.2, 0) is 10.0 Å². The molecule has 8 nitrogen and oxygen atoms in total. The number of aromatic nitrogens is 2. The van der Waals surface area contributed by atoms with Gasteiger partial charge in [0.2, 0.25) is 21.8 Å². The third-order valence-corrected chi connectivity index (χ3v) is 5.87. The second kappa shape index (κ2) is 7.88. The highest BCUT2D eigenvalue weighted by atomic mass is 32.2. The Bertz CT molecular complexity index is 824. The fourth-order valence-corrected chi connectivity index (χ4v) is 4.17. The van der Waals surface area contributed by atoms with Crippen molar-refractivity contribution in [1.82, 2.24) is 14.5 Å². The van der Waals surface area contributed by atoms with Crippen LogP contribution < -0.4 is 14.2 Å². The summed E-state index contributed by atoms with van der Waals surface area (Å²) in [5, 5.41) is 7.74. The highest BCUT2D eigenvalue weighted by molar-refractivity contribution is 7.89. The molecule has 0 aliphatic carbocycles. The fraction of sp³-hybridized carbons (Fsp3) is 0.412. The monoisotopic (exact) mass is 379 g/mol. The lowest BCUT2D eigenvalue weighted by Crippen LogP contribution is -2.31. The van der Waals surface area contributed by atoms with Gasteiger partial charge in [-0.15, -0.1) is 10.2 Å². The van der Waals surface area contributed by atoms with Crippen molar-refractivity contribution in [3.05, 3.63) is 36.4 Å². The molecule has 26 heavy (non-hydrogen) atoms. The van der Waals surface area contributed by atoms with Crippen LogP contribution in [0.2, 0.25) is 0 Å². The average molecular weight is 379 g/mol. The van der Waals surface area contributed by atoms with Crippen molar-refractivity contribution in [2.45, 2.75) is 24.3 Å². The summed E-state index contributed by atoms with van der Waals surface area (Å²) >= 11 is 0. The lowest BCUT2D eigenvalue weighted by Gasteiger charge is -2.17. The summed E-state index contributed by atoms with van der Waals surface area (Å²) in [5.41, 5.74) is 0. The van der Waals surface area contributed by atoms with Gasteiger partial charge in [0, 0.05) is 18.7 Å². The maximum absolute atomic E-state index is 12.8. The number of rotatable bonds is 7. The summed E-state index contributed by atoms with van der Waals surface area (Å²) < 4.78 is 43.0. The number of ether oxygens (including phenoxy) is 3. The summed E-state index contributed by atoms with van der Waals surface area (Å²) in [6.45, 7) is 3.07. The zero-order valence-electron chi connectivity index (χ0n) is 14.7. The molecule has 1 fully saturated rings. The average Bonchev–Trinajstić information content (AvgIpc) is 3.12. The van der Waals surface area contributed by atoms with E-state index in [1.807, 2.05) is 6.92 Å². The van der Waals surface area contributed by atoms with Crippen LogP contribution in [-0.4, -0.2) is 55.8 Å². The van der Waals surface area contributed by atoms with E-state index in [1.165, 1.54) is 11.4 Å². The molecule has 2 heterocycles. The molecule has 2 aromatic rings. The van der Waals surface area contributed by atoms with Gasteiger partial charge in [-0.25, -0.2) is 8.42 Å². The summed E-state index contributed by atoms with van der Waals surface area (Å²) in [7, 11) is -2.06. The van der Waals surface area contributed by atoms with E-state index in [4.69, 9.17) is 14.2 Å². The molecule has 1 aliphatic heterocycles. The van der Waals surface area contributed by atoms with Gasteiger partial charge in [-0.2, -0.15) is 4.31 Å². The van der Waals surface area contributed by atoms with Gasteiger partial charge in [-0.05, 0) is 37.6 Å². The van der Waals surface area contributed by atoms with Crippen molar-refractivity contribution < 1.29 is 22.6 Å². The zero-order chi connectivity index (χ0) is 18.6. The first-order valence-corrected chi connectivity index (χ1v) is 9.74. The number of nitrogens with zero attached hydrogens (tertiary/aromatic N) is 3. The molecule has 1 aliphatic rings. The molecule has 0 radical (unpaired) electrons. The van der Waals surface area contributed by atoms with Gasteiger partial charge in [0.15, 0.2) is 0 Å². The molecule has 140 valence electrons. The smallest absolute Gasteiger partial charge is 0.243 e. The highest BCUT2D eigenvalue weighted by Crippen LogP contribution is 2.25. The zero-order valence-corrected chi connectivity index (χ0v) is 15.5. The molecule has 1 atom stereocenters. The Labute approximate surface area is 152 Å². The van der Waals surface area contributed by atoms with E-state index >= 15 is 0 Å². The summed E-state index contributed by atoms with van der Waals surface area (Å²) in [5.74, 6) is 1.38. The molecule has 1 unspecified atom stereocenters. The van der Waals surface area contributed by atoms with E-state index in [2.05, 4.69) is 10.2 Å². The first-order valence-electron chi connectivity index (χ1n) is 8.30. The molecule has 9 heteroatoms. The second-order valence-corrected chi connectivity index (χ2v) is 7.65. The van der Waals surface area contributed by atoms with Gasteiger partial charge in [-0.1, -0.05) is 0 Å². The Kier molecular flexibility index (Phi) is 5.58. The van der Waals surface area contributed by atoms with E-state index in [0.717, 1.165) is 0 Å². The van der Waals surface area contributed by atoms with Crippen molar-refractivity contribution >= 4 is 10.0 Å². The SMILES string of the molecule is CCOc1ccc(S(=O)(=O)N2CCC(Oc3ccc(OC)nn3)C2)cc1. The summed E-state index contributed by atoms with van der Waals surface area (Å²) in [6.07, 6.45) is 0.319. The summed E-state index contributed by atoms with van der Waals surface area (Å²) in [4.78, 5) is 0.242. The molecule has 0 amide bonds. The van der Waals surface area contributed by atoms with E-state index in [9.17, 15) is 8.42 Å². The molecule has 3 rings (SSSR count). The number of benzene rings is 1. The van der Waals surface area contributed by atoms with Crippen molar-refractivity contribution in [3.8, 4) is 17.5 Å². The molecule has 0 N–H and O–H groups in total. The van der Waals surface area contributed by atoms with Gasteiger partial charge >= 0.3 is 0 Å². The van der Waals surface area contributed by atoms with Crippen molar-refractivity contribution in [2.75, 3.05) is 26.8 Å². The molecular formula is C17H21N3O5S. The van der Waals surface area contributed by atoms with Crippen molar-refractivity contribution in [1.29, 1.82) is 0 Å². The Balaban J connectivity index is 1.64. The number of sulfonamides is 1. The minimum Gasteiger partial charge on any atom is -0.494 e. The van der Waals surface area contributed by atoms with E-state index < -0.39 is 10.0 Å². The maximum atomic E-state index is 12.8. The van der Waals surface area contributed by atoms with Crippen LogP contribution in [0.25, 0.3) is 0 Å². The van der Waals surface area contributed by atoms with E-state index in [-0.39, 0.29) is 17.5 Å². The Hall–Kier alpha value is -2.39. The molecule has 0 spiro atoms. The molecular weight excluding hydrogens is 358 g/mol. The molecule has 1 saturated heterocycles. The topological polar surface area (TPSA) is 90.9 Å². The predicted molar refractivity (Wildman–Crippen MR) is 94.0 cm³/mol.